The summed E-state index contributed by atoms with van der Waals surface area (Å²) in [7, 11) is 0. The van der Waals surface area contributed by atoms with Crippen LogP contribution in [0.4, 0.5) is 0 Å². The van der Waals surface area contributed by atoms with E-state index in [1.807, 2.05) is 13.8 Å². The van der Waals surface area contributed by atoms with Crippen molar-refractivity contribution in [1.29, 1.82) is 0 Å². The average molecular weight is 296 g/mol. The first-order valence-electron chi connectivity index (χ1n) is 8.74. The molecule has 21 heavy (non-hydrogen) atoms. The second kappa shape index (κ2) is 7.10. The van der Waals surface area contributed by atoms with E-state index in [1.54, 1.807) is 0 Å². The van der Waals surface area contributed by atoms with Crippen molar-refractivity contribution in [3.05, 3.63) is 0 Å². The maximum Gasteiger partial charge on any atom is 0.324 e. The lowest BCUT2D eigenvalue weighted by atomic mass is 9.83. The molecule has 0 bridgehead atoms. The largest absolute Gasteiger partial charge is 0.480 e. The van der Waals surface area contributed by atoms with Gasteiger partial charge >= 0.3 is 5.97 Å². The summed E-state index contributed by atoms with van der Waals surface area (Å²) in [6.45, 7) is 8.56. The molecule has 0 radical (unpaired) electrons. The van der Waals surface area contributed by atoms with Crippen molar-refractivity contribution in [2.24, 2.45) is 5.92 Å². The van der Waals surface area contributed by atoms with E-state index >= 15 is 0 Å². The van der Waals surface area contributed by atoms with Gasteiger partial charge in [0.15, 0.2) is 0 Å². The van der Waals surface area contributed by atoms with Gasteiger partial charge in [-0.05, 0) is 71.4 Å². The maximum absolute atomic E-state index is 11.9. The number of nitrogens with zero attached hydrogens (tertiary/aromatic N) is 1. The monoisotopic (exact) mass is 296 g/mol. The van der Waals surface area contributed by atoms with Crippen LogP contribution in [0.25, 0.3) is 0 Å². The summed E-state index contributed by atoms with van der Waals surface area (Å²) >= 11 is 0. The predicted molar refractivity (Wildman–Crippen MR) is 85.5 cm³/mol. The normalized spacial score (nSPS) is 29.5. The van der Waals surface area contributed by atoms with Gasteiger partial charge in [-0.2, -0.15) is 0 Å². The number of rotatable bonds is 9. The lowest BCUT2D eigenvalue weighted by molar-refractivity contribution is -0.147. The average Bonchev–Trinajstić information content (AvgIpc) is 3.17. The highest BCUT2D eigenvalue weighted by Gasteiger charge is 2.49. The van der Waals surface area contributed by atoms with Crippen LogP contribution in [0.1, 0.15) is 65.7 Å². The minimum Gasteiger partial charge on any atom is -0.480 e. The SMILES string of the molecule is CCCN(CCC1CCCC1(NC(C)C)C(=O)O)C1CC1. The molecule has 0 spiro atoms. The quantitative estimate of drug-likeness (QED) is 0.687. The fourth-order valence-electron chi connectivity index (χ4n) is 4.04. The molecule has 0 aliphatic heterocycles. The zero-order valence-corrected chi connectivity index (χ0v) is 13.9. The molecular formula is C17H32N2O2. The number of carboxylic acids is 1. The highest BCUT2D eigenvalue weighted by molar-refractivity contribution is 5.79. The van der Waals surface area contributed by atoms with Crippen LogP contribution in [0.2, 0.25) is 0 Å². The van der Waals surface area contributed by atoms with Crippen molar-refractivity contribution in [2.45, 2.75) is 83.3 Å². The van der Waals surface area contributed by atoms with E-state index in [1.165, 1.54) is 19.3 Å². The van der Waals surface area contributed by atoms with Crippen LogP contribution in [0.3, 0.4) is 0 Å². The Kier molecular flexibility index (Phi) is 5.67. The fraction of sp³-hybridized carbons (Fsp3) is 0.941. The Morgan fingerprint density at radius 3 is 2.57 bits per heavy atom. The fourth-order valence-corrected chi connectivity index (χ4v) is 4.04. The van der Waals surface area contributed by atoms with Gasteiger partial charge in [-0.25, -0.2) is 0 Å². The Bertz CT molecular complexity index is 355. The van der Waals surface area contributed by atoms with Crippen LogP contribution in [0.5, 0.6) is 0 Å². The van der Waals surface area contributed by atoms with Gasteiger partial charge in [0.2, 0.25) is 0 Å². The summed E-state index contributed by atoms with van der Waals surface area (Å²) < 4.78 is 0. The molecular weight excluding hydrogens is 264 g/mol. The Hall–Kier alpha value is -0.610. The van der Waals surface area contributed by atoms with E-state index in [0.717, 1.165) is 44.8 Å². The van der Waals surface area contributed by atoms with E-state index in [9.17, 15) is 9.90 Å². The molecule has 4 nitrogen and oxygen atoms in total. The Morgan fingerprint density at radius 1 is 1.33 bits per heavy atom. The van der Waals surface area contributed by atoms with Gasteiger partial charge in [0.1, 0.15) is 5.54 Å². The minimum absolute atomic E-state index is 0.219. The number of hydrogen-bond acceptors (Lipinski definition) is 3. The van der Waals surface area contributed by atoms with Crippen LogP contribution in [-0.2, 0) is 4.79 Å². The van der Waals surface area contributed by atoms with E-state index in [4.69, 9.17) is 0 Å². The van der Waals surface area contributed by atoms with Crippen molar-refractivity contribution in [2.75, 3.05) is 13.1 Å². The molecule has 122 valence electrons. The van der Waals surface area contributed by atoms with Gasteiger partial charge < -0.3 is 10.0 Å². The van der Waals surface area contributed by atoms with Crippen LogP contribution in [0, 0.1) is 5.92 Å². The number of hydrogen-bond donors (Lipinski definition) is 2. The molecule has 4 heteroatoms. The number of nitrogens with one attached hydrogen (secondary N) is 1. The number of aliphatic carboxylic acids is 1. The van der Waals surface area contributed by atoms with E-state index < -0.39 is 11.5 Å². The number of carbonyl (C=O) groups is 1. The van der Waals surface area contributed by atoms with Gasteiger partial charge in [-0.15, -0.1) is 0 Å². The van der Waals surface area contributed by atoms with Crippen molar-refractivity contribution < 1.29 is 9.90 Å². The highest BCUT2D eigenvalue weighted by atomic mass is 16.4. The molecule has 0 heterocycles. The van der Waals surface area contributed by atoms with Gasteiger partial charge in [-0.3, -0.25) is 10.1 Å². The zero-order valence-electron chi connectivity index (χ0n) is 13.9. The van der Waals surface area contributed by atoms with E-state index in [0.29, 0.717) is 0 Å². The Labute approximate surface area is 129 Å². The summed E-state index contributed by atoms with van der Waals surface area (Å²) in [6.07, 6.45) is 7.74. The molecule has 0 aromatic carbocycles. The van der Waals surface area contributed by atoms with Crippen LogP contribution < -0.4 is 5.32 Å². The van der Waals surface area contributed by atoms with Crippen LogP contribution >= 0.6 is 0 Å². The zero-order chi connectivity index (χ0) is 15.5. The van der Waals surface area contributed by atoms with E-state index in [2.05, 4.69) is 17.1 Å². The molecule has 2 atom stereocenters. The van der Waals surface area contributed by atoms with Gasteiger partial charge in [0.25, 0.3) is 0 Å². The standard InChI is InChI=1S/C17H32N2O2/c1-4-11-19(15-7-8-15)12-9-14-6-5-10-17(14,16(20)21)18-13(2)3/h13-15,18H,4-12H2,1-3H3,(H,20,21). The Balaban J connectivity index is 1.97. The smallest absolute Gasteiger partial charge is 0.324 e. The lowest BCUT2D eigenvalue weighted by Crippen LogP contribution is -2.57. The summed E-state index contributed by atoms with van der Waals surface area (Å²) in [4.78, 5) is 14.5. The summed E-state index contributed by atoms with van der Waals surface area (Å²) in [6, 6.07) is 1.00. The second-order valence-electron chi connectivity index (χ2n) is 7.22. The third kappa shape index (κ3) is 3.98. The molecule has 2 aliphatic rings. The number of carboxylic acid groups (broad SMARTS) is 1. The first-order chi connectivity index (χ1) is 9.99. The van der Waals surface area contributed by atoms with Crippen molar-refractivity contribution in [3.63, 3.8) is 0 Å². The molecule has 2 saturated carbocycles. The summed E-state index contributed by atoms with van der Waals surface area (Å²) in [5, 5.41) is 13.2. The topological polar surface area (TPSA) is 52.6 Å². The van der Waals surface area contributed by atoms with E-state index in [-0.39, 0.29) is 12.0 Å². The molecule has 2 N–H and O–H groups in total. The summed E-state index contributed by atoms with van der Waals surface area (Å²) in [5.74, 6) is -0.373. The molecule has 2 unspecified atom stereocenters. The second-order valence-corrected chi connectivity index (χ2v) is 7.22. The van der Waals surface area contributed by atoms with Gasteiger partial charge in [-0.1, -0.05) is 13.3 Å². The molecule has 2 aliphatic carbocycles. The molecule has 0 saturated heterocycles. The van der Waals surface area contributed by atoms with Gasteiger partial charge in [0.05, 0.1) is 0 Å². The first-order valence-corrected chi connectivity index (χ1v) is 8.74. The minimum atomic E-state index is -0.685. The third-order valence-electron chi connectivity index (χ3n) is 5.09. The maximum atomic E-state index is 11.9. The predicted octanol–water partition coefficient (Wildman–Crippen LogP) is 2.87. The van der Waals surface area contributed by atoms with Gasteiger partial charge in [0, 0.05) is 12.1 Å². The molecule has 0 aromatic rings. The molecule has 2 fully saturated rings. The third-order valence-corrected chi connectivity index (χ3v) is 5.09. The lowest BCUT2D eigenvalue weighted by Gasteiger charge is -2.35. The molecule has 0 amide bonds. The van der Waals surface area contributed by atoms with Crippen molar-refractivity contribution in [3.8, 4) is 0 Å². The van der Waals surface area contributed by atoms with Crippen LogP contribution in [-0.4, -0.2) is 46.7 Å². The summed E-state index contributed by atoms with van der Waals surface area (Å²) in [5.41, 5.74) is -0.685. The van der Waals surface area contributed by atoms with Crippen molar-refractivity contribution >= 4 is 5.97 Å². The molecule has 2 rings (SSSR count). The Morgan fingerprint density at radius 2 is 2.05 bits per heavy atom. The van der Waals surface area contributed by atoms with Crippen molar-refractivity contribution in [1.82, 2.24) is 10.2 Å². The molecule has 0 aromatic heterocycles. The highest BCUT2D eigenvalue weighted by Crippen LogP contribution is 2.39. The van der Waals surface area contributed by atoms with Crippen LogP contribution in [0.15, 0.2) is 0 Å². The first kappa shape index (κ1) is 16.8.